The van der Waals surface area contributed by atoms with Crippen LogP contribution in [0.5, 0.6) is 0 Å². The lowest BCUT2D eigenvalue weighted by Crippen LogP contribution is -2.31. The van der Waals surface area contributed by atoms with Crippen LogP contribution in [-0.4, -0.2) is 13.1 Å². The molecule has 2 aliphatic rings. The van der Waals surface area contributed by atoms with Gasteiger partial charge in [0.2, 0.25) is 0 Å². The van der Waals surface area contributed by atoms with E-state index in [1.54, 1.807) is 0 Å². The molecule has 0 radical (unpaired) electrons. The third-order valence-corrected chi connectivity index (χ3v) is 4.93. The van der Waals surface area contributed by atoms with E-state index in [1.165, 1.54) is 24.8 Å². The van der Waals surface area contributed by atoms with Gasteiger partial charge in [0.1, 0.15) is 0 Å². The van der Waals surface area contributed by atoms with Crippen LogP contribution >= 0.6 is 11.6 Å². The van der Waals surface area contributed by atoms with Crippen LogP contribution in [0.1, 0.15) is 24.8 Å². The predicted octanol–water partition coefficient (Wildman–Crippen LogP) is 3.52. The van der Waals surface area contributed by atoms with Gasteiger partial charge in [0.15, 0.2) is 0 Å². The molecule has 0 aromatic heterocycles. The monoisotopic (exact) mass is 249 g/mol. The van der Waals surface area contributed by atoms with Crippen molar-refractivity contribution < 1.29 is 0 Å². The standard InChI is InChI=1S/C15H20ClN/c1-17-14(15-12-3-2-4-13(12)15)9-10-5-7-11(16)8-6-10/h5-8,12-15,17H,2-4,9H2,1H3. The highest BCUT2D eigenvalue weighted by Gasteiger charge is 2.55. The summed E-state index contributed by atoms with van der Waals surface area (Å²) in [6.07, 6.45) is 5.54. The highest BCUT2D eigenvalue weighted by atomic mass is 35.5. The molecular weight excluding hydrogens is 230 g/mol. The zero-order valence-corrected chi connectivity index (χ0v) is 11.1. The van der Waals surface area contributed by atoms with Gasteiger partial charge in [-0.3, -0.25) is 0 Å². The van der Waals surface area contributed by atoms with Crippen molar-refractivity contribution in [3.8, 4) is 0 Å². The summed E-state index contributed by atoms with van der Waals surface area (Å²) in [5.41, 5.74) is 1.40. The zero-order chi connectivity index (χ0) is 11.8. The minimum Gasteiger partial charge on any atom is -0.316 e. The molecule has 2 aliphatic carbocycles. The molecule has 0 aliphatic heterocycles. The van der Waals surface area contributed by atoms with Crippen LogP contribution < -0.4 is 5.32 Å². The molecule has 1 nitrogen and oxygen atoms in total. The van der Waals surface area contributed by atoms with Crippen molar-refractivity contribution in [1.82, 2.24) is 5.32 Å². The van der Waals surface area contributed by atoms with Gasteiger partial charge in [0.25, 0.3) is 0 Å². The minimum absolute atomic E-state index is 0.659. The van der Waals surface area contributed by atoms with Gasteiger partial charge >= 0.3 is 0 Å². The molecule has 2 fully saturated rings. The molecule has 0 bridgehead atoms. The maximum absolute atomic E-state index is 5.92. The maximum Gasteiger partial charge on any atom is 0.0406 e. The van der Waals surface area contributed by atoms with Crippen molar-refractivity contribution >= 4 is 11.6 Å². The molecule has 3 atom stereocenters. The Hall–Kier alpha value is -0.530. The molecule has 92 valence electrons. The minimum atomic E-state index is 0.659. The first-order chi connectivity index (χ1) is 8.29. The molecule has 1 aromatic rings. The third kappa shape index (κ3) is 2.23. The van der Waals surface area contributed by atoms with E-state index in [-0.39, 0.29) is 0 Å². The number of hydrogen-bond donors (Lipinski definition) is 1. The first-order valence-electron chi connectivity index (χ1n) is 6.71. The fourth-order valence-electron chi connectivity index (χ4n) is 3.78. The lowest BCUT2D eigenvalue weighted by molar-refractivity contribution is 0.428. The first kappa shape index (κ1) is 11.6. The number of benzene rings is 1. The van der Waals surface area contributed by atoms with E-state index in [2.05, 4.69) is 24.5 Å². The molecule has 2 heteroatoms. The molecule has 0 spiro atoms. The van der Waals surface area contributed by atoms with E-state index < -0.39 is 0 Å². The predicted molar refractivity (Wildman–Crippen MR) is 72.3 cm³/mol. The third-order valence-electron chi connectivity index (χ3n) is 4.68. The number of likely N-dealkylation sites (N-methyl/N-ethyl adjacent to an activating group) is 1. The fourth-order valence-corrected chi connectivity index (χ4v) is 3.90. The molecule has 3 unspecified atom stereocenters. The number of fused-ring (bicyclic) bond motifs is 1. The van der Waals surface area contributed by atoms with E-state index in [0.717, 1.165) is 29.2 Å². The fraction of sp³-hybridized carbons (Fsp3) is 0.600. The second-order valence-corrected chi connectivity index (χ2v) is 6.00. The Bertz CT molecular complexity index is 376. The van der Waals surface area contributed by atoms with Crippen LogP contribution in [0.2, 0.25) is 5.02 Å². The van der Waals surface area contributed by atoms with Gasteiger partial charge in [-0.1, -0.05) is 30.2 Å². The normalized spacial score (nSPS) is 32.2. The van der Waals surface area contributed by atoms with Gasteiger partial charge < -0.3 is 5.32 Å². The van der Waals surface area contributed by atoms with Crippen LogP contribution in [-0.2, 0) is 6.42 Å². The second-order valence-electron chi connectivity index (χ2n) is 5.56. The van der Waals surface area contributed by atoms with Crippen LogP contribution in [0, 0.1) is 17.8 Å². The molecule has 0 amide bonds. The number of hydrogen-bond acceptors (Lipinski definition) is 1. The molecular formula is C15H20ClN. The zero-order valence-electron chi connectivity index (χ0n) is 10.3. The smallest absolute Gasteiger partial charge is 0.0406 e. The number of halogens is 1. The maximum atomic E-state index is 5.92. The molecule has 1 N–H and O–H groups in total. The van der Waals surface area contributed by atoms with E-state index in [9.17, 15) is 0 Å². The quantitative estimate of drug-likeness (QED) is 0.861. The molecule has 17 heavy (non-hydrogen) atoms. The number of nitrogens with one attached hydrogen (secondary N) is 1. The van der Waals surface area contributed by atoms with Crippen LogP contribution in [0.4, 0.5) is 0 Å². The van der Waals surface area contributed by atoms with Crippen LogP contribution in [0.3, 0.4) is 0 Å². The highest BCUT2D eigenvalue weighted by Crippen LogP contribution is 2.59. The van der Waals surface area contributed by atoms with Gasteiger partial charge in [0, 0.05) is 11.1 Å². The lowest BCUT2D eigenvalue weighted by atomic mass is 9.97. The molecule has 0 heterocycles. The van der Waals surface area contributed by atoms with Gasteiger partial charge in [-0.2, -0.15) is 0 Å². The van der Waals surface area contributed by atoms with Gasteiger partial charge in [0.05, 0.1) is 0 Å². The summed E-state index contributed by atoms with van der Waals surface area (Å²) >= 11 is 5.92. The largest absolute Gasteiger partial charge is 0.316 e. The molecule has 3 rings (SSSR count). The van der Waals surface area contributed by atoms with Crippen LogP contribution in [0.25, 0.3) is 0 Å². The Morgan fingerprint density at radius 1 is 1.24 bits per heavy atom. The van der Waals surface area contributed by atoms with Crippen molar-refractivity contribution in [2.24, 2.45) is 17.8 Å². The highest BCUT2D eigenvalue weighted by molar-refractivity contribution is 6.30. The molecule has 1 aromatic carbocycles. The summed E-state index contributed by atoms with van der Waals surface area (Å²) in [4.78, 5) is 0. The second kappa shape index (κ2) is 4.62. The Labute approximate surface area is 109 Å². The molecule has 2 saturated carbocycles. The Morgan fingerprint density at radius 3 is 2.47 bits per heavy atom. The Morgan fingerprint density at radius 2 is 1.88 bits per heavy atom. The summed E-state index contributed by atoms with van der Waals surface area (Å²) in [5, 5.41) is 4.35. The summed E-state index contributed by atoms with van der Waals surface area (Å²) in [5.74, 6) is 2.99. The van der Waals surface area contributed by atoms with Crippen molar-refractivity contribution in [1.29, 1.82) is 0 Å². The lowest BCUT2D eigenvalue weighted by Gasteiger charge is -2.18. The van der Waals surface area contributed by atoms with E-state index in [1.807, 2.05) is 12.1 Å². The van der Waals surface area contributed by atoms with E-state index in [4.69, 9.17) is 11.6 Å². The van der Waals surface area contributed by atoms with Gasteiger partial charge in [-0.25, -0.2) is 0 Å². The van der Waals surface area contributed by atoms with Crippen molar-refractivity contribution in [2.45, 2.75) is 31.7 Å². The average Bonchev–Trinajstić information content (AvgIpc) is 2.82. The summed E-state index contributed by atoms with van der Waals surface area (Å²) in [6, 6.07) is 8.97. The van der Waals surface area contributed by atoms with Crippen LogP contribution in [0.15, 0.2) is 24.3 Å². The summed E-state index contributed by atoms with van der Waals surface area (Å²) in [7, 11) is 2.11. The number of rotatable bonds is 4. The van der Waals surface area contributed by atoms with E-state index >= 15 is 0 Å². The topological polar surface area (TPSA) is 12.0 Å². The van der Waals surface area contributed by atoms with E-state index in [0.29, 0.717) is 6.04 Å². The van der Waals surface area contributed by atoms with Crippen molar-refractivity contribution in [2.75, 3.05) is 7.05 Å². The van der Waals surface area contributed by atoms with Gasteiger partial charge in [-0.15, -0.1) is 0 Å². The average molecular weight is 250 g/mol. The Kier molecular flexibility index (Phi) is 3.14. The van der Waals surface area contributed by atoms with Crippen molar-refractivity contribution in [3.05, 3.63) is 34.9 Å². The summed E-state index contributed by atoms with van der Waals surface area (Å²) < 4.78 is 0. The van der Waals surface area contributed by atoms with Crippen molar-refractivity contribution in [3.63, 3.8) is 0 Å². The summed E-state index contributed by atoms with van der Waals surface area (Å²) in [6.45, 7) is 0. The SMILES string of the molecule is CNC(Cc1ccc(Cl)cc1)C1C2CCCC21. The first-order valence-corrected chi connectivity index (χ1v) is 7.09. The Balaban J connectivity index is 1.64. The molecule has 0 saturated heterocycles. The van der Waals surface area contributed by atoms with Gasteiger partial charge in [-0.05, 0) is 61.8 Å².